The smallest absolute Gasteiger partial charge is 0.191 e. The van der Waals surface area contributed by atoms with Gasteiger partial charge in [0, 0.05) is 26.8 Å². The zero-order valence-corrected chi connectivity index (χ0v) is 13.8. The molecule has 0 unspecified atom stereocenters. The standard InChI is InChI=1S/C17H25N5O/c1-18-17(19-10-6-7-15-13-21-22(2)14-15)20-11-12-23-16-8-4-3-5-9-16/h3-5,8-9,13-14H,6-7,10-12H2,1-2H3,(H2,18,19,20). The highest BCUT2D eigenvalue weighted by Gasteiger charge is 1.99. The molecule has 0 spiro atoms. The molecule has 0 saturated heterocycles. The van der Waals surface area contributed by atoms with Gasteiger partial charge in [-0.3, -0.25) is 9.67 Å². The fourth-order valence-electron chi connectivity index (χ4n) is 2.18. The molecule has 6 nitrogen and oxygen atoms in total. The Kier molecular flexibility index (Phi) is 6.97. The molecule has 1 aromatic heterocycles. The number of hydrogen-bond donors (Lipinski definition) is 2. The van der Waals surface area contributed by atoms with Crippen LogP contribution in [0.4, 0.5) is 0 Å². The monoisotopic (exact) mass is 315 g/mol. The molecule has 6 heteroatoms. The molecule has 0 amide bonds. The molecule has 0 fully saturated rings. The van der Waals surface area contributed by atoms with Crippen molar-refractivity contribution in [2.45, 2.75) is 12.8 Å². The number of ether oxygens (including phenoxy) is 1. The van der Waals surface area contributed by atoms with Crippen LogP contribution in [-0.4, -0.2) is 42.5 Å². The molecular weight excluding hydrogens is 290 g/mol. The lowest BCUT2D eigenvalue weighted by Gasteiger charge is -2.12. The number of nitrogens with zero attached hydrogens (tertiary/aromatic N) is 3. The third-order valence-corrected chi connectivity index (χ3v) is 3.32. The molecule has 23 heavy (non-hydrogen) atoms. The number of aromatic nitrogens is 2. The molecule has 0 radical (unpaired) electrons. The van der Waals surface area contributed by atoms with Gasteiger partial charge in [0.1, 0.15) is 12.4 Å². The van der Waals surface area contributed by atoms with E-state index in [-0.39, 0.29) is 0 Å². The molecule has 0 bridgehead atoms. The van der Waals surface area contributed by atoms with Gasteiger partial charge in [0.05, 0.1) is 12.7 Å². The minimum atomic E-state index is 0.598. The summed E-state index contributed by atoms with van der Waals surface area (Å²) in [7, 11) is 3.71. The van der Waals surface area contributed by atoms with Crippen LogP contribution in [0.1, 0.15) is 12.0 Å². The van der Waals surface area contributed by atoms with Gasteiger partial charge in [0.15, 0.2) is 5.96 Å². The van der Waals surface area contributed by atoms with Crippen molar-refractivity contribution in [2.75, 3.05) is 26.7 Å². The third-order valence-electron chi connectivity index (χ3n) is 3.32. The predicted octanol–water partition coefficient (Wildman–Crippen LogP) is 1.60. The fraction of sp³-hybridized carbons (Fsp3) is 0.412. The van der Waals surface area contributed by atoms with E-state index in [0.717, 1.165) is 31.1 Å². The Morgan fingerprint density at radius 3 is 2.70 bits per heavy atom. The Bertz CT molecular complexity index is 594. The van der Waals surface area contributed by atoms with Crippen LogP contribution in [0.15, 0.2) is 47.7 Å². The second-order valence-corrected chi connectivity index (χ2v) is 5.21. The highest BCUT2D eigenvalue weighted by Crippen LogP contribution is 2.07. The highest BCUT2D eigenvalue weighted by molar-refractivity contribution is 5.79. The number of nitrogens with one attached hydrogen (secondary N) is 2. The van der Waals surface area contributed by atoms with Crippen LogP contribution >= 0.6 is 0 Å². The number of hydrogen-bond acceptors (Lipinski definition) is 3. The zero-order valence-electron chi connectivity index (χ0n) is 13.8. The van der Waals surface area contributed by atoms with Gasteiger partial charge in [0.25, 0.3) is 0 Å². The van der Waals surface area contributed by atoms with E-state index < -0.39 is 0 Å². The molecule has 1 heterocycles. The largest absolute Gasteiger partial charge is 0.492 e. The number of aryl methyl sites for hydroxylation is 2. The molecule has 1 aromatic carbocycles. The van der Waals surface area contributed by atoms with E-state index in [1.165, 1.54) is 5.56 Å². The van der Waals surface area contributed by atoms with Crippen molar-refractivity contribution >= 4 is 5.96 Å². The van der Waals surface area contributed by atoms with E-state index in [0.29, 0.717) is 13.2 Å². The summed E-state index contributed by atoms with van der Waals surface area (Å²) in [6, 6.07) is 9.80. The van der Waals surface area contributed by atoms with Crippen LogP contribution < -0.4 is 15.4 Å². The SMILES string of the molecule is CN=C(NCCCc1cnn(C)c1)NCCOc1ccccc1. The van der Waals surface area contributed by atoms with Gasteiger partial charge >= 0.3 is 0 Å². The Labute approximate surface area is 137 Å². The maximum atomic E-state index is 5.63. The lowest BCUT2D eigenvalue weighted by molar-refractivity contribution is 0.322. The minimum absolute atomic E-state index is 0.598. The fourth-order valence-corrected chi connectivity index (χ4v) is 2.18. The van der Waals surface area contributed by atoms with Gasteiger partial charge in [-0.05, 0) is 30.5 Å². The first-order valence-electron chi connectivity index (χ1n) is 7.88. The van der Waals surface area contributed by atoms with Crippen LogP contribution in [0.25, 0.3) is 0 Å². The van der Waals surface area contributed by atoms with E-state index in [1.807, 2.05) is 54.5 Å². The Morgan fingerprint density at radius 2 is 2.00 bits per heavy atom. The summed E-state index contributed by atoms with van der Waals surface area (Å²) >= 11 is 0. The van der Waals surface area contributed by atoms with Crippen molar-refractivity contribution in [1.29, 1.82) is 0 Å². The summed E-state index contributed by atoms with van der Waals surface area (Å²) in [5, 5.41) is 10.7. The van der Waals surface area contributed by atoms with Gasteiger partial charge in [-0.25, -0.2) is 0 Å². The van der Waals surface area contributed by atoms with E-state index >= 15 is 0 Å². The molecule has 0 aliphatic heterocycles. The number of benzene rings is 1. The van der Waals surface area contributed by atoms with Crippen molar-refractivity contribution in [3.8, 4) is 5.75 Å². The molecule has 2 aromatic rings. The van der Waals surface area contributed by atoms with E-state index in [2.05, 4.69) is 20.7 Å². The van der Waals surface area contributed by atoms with Gasteiger partial charge in [0.2, 0.25) is 0 Å². The summed E-state index contributed by atoms with van der Waals surface area (Å²) in [6.07, 6.45) is 6.00. The molecule has 0 saturated carbocycles. The number of rotatable bonds is 8. The maximum Gasteiger partial charge on any atom is 0.191 e. The normalized spacial score (nSPS) is 11.3. The van der Waals surface area contributed by atoms with Gasteiger partial charge in [-0.2, -0.15) is 5.10 Å². The molecule has 2 N–H and O–H groups in total. The average Bonchev–Trinajstić information content (AvgIpc) is 2.99. The summed E-state index contributed by atoms with van der Waals surface area (Å²) < 4.78 is 7.46. The first kappa shape index (κ1) is 16.9. The lowest BCUT2D eigenvalue weighted by atomic mass is 10.2. The molecule has 0 atom stereocenters. The quantitative estimate of drug-likeness (QED) is 0.441. The Balaban J connectivity index is 1.56. The average molecular weight is 315 g/mol. The third kappa shape index (κ3) is 6.42. The van der Waals surface area contributed by atoms with Crippen LogP contribution in [0, 0.1) is 0 Å². The van der Waals surface area contributed by atoms with Crippen molar-refractivity contribution in [3.63, 3.8) is 0 Å². The predicted molar refractivity (Wildman–Crippen MR) is 92.8 cm³/mol. The van der Waals surface area contributed by atoms with E-state index in [1.54, 1.807) is 7.05 Å². The molecule has 0 aliphatic rings. The molecule has 124 valence electrons. The Morgan fingerprint density at radius 1 is 1.22 bits per heavy atom. The summed E-state index contributed by atoms with van der Waals surface area (Å²) in [6.45, 7) is 2.17. The molecule has 0 aliphatic carbocycles. The van der Waals surface area contributed by atoms with Crippen molar-refractivity contribution in [3.05, 3.63) is 48.3 Å². The topological polar surface area (TPSA) is 63.5 Å². The van der Waals surface area contributed by atoms with Gasteiger partial charge in [-0.1, -0.05) is 18.2 Å². The Hall–Kier alpha value is -2.50. The van der Waals surface area contributed by atoms with Gasteiger partial charge in [-0.15, -0.1) is 0 Å². The van der Waals surface area contributed by atoms with Gasteiger partial charge < -0.3 is 15.4 Å². The minimum Gasteiger partial charge on any atom is -0.492 e. The summed E-state index contributed by atoms with van der Waals surface area (Å²) in [4.78, 5) is 4.20. The zero-order chi connectivity index (χ0) is 16.3. The van der Waals surface area contributed by atoms with Crippen LogP contribution in [-0.2, 0) is 13.5 Å². The second kappa shape index (κ2) is 9.50. The second-order valence-electron chi connectivity index (χ2n) is 5.21. The number of guanidine groups is 1. The van der Waals surface area contributed by atoms with Crippen molar-refractivity contribution in [2.24, 2.45) is 12.0 Å². The molecular formula is C17H25N5O. The highest BCUT2D eigenvalue weighted by atomic mass is 16.5. The van der Waals surface area contributed by atoms with Crippen LogP contribution in [0.5, 0.6) is 5.75 Å². The first-order valence-corrected chi connectivity index (χ1v) is 7.88. The van der Waals surface area contributed by atoms with Crippen LogP contribution in [0.3, 0.4) is 0 Å². The van der Waals surface area contributed by atoms with Crippen molar-refractivity contribution < 1.29 is 4.74 Å². The van der Waals surface area contributed by atoms with Crippen LogP contribution in [0.2, 0.25) is 0 Å². The van der Waals surface area contributed by atoms with E-state index in [9.17, 15) is 0 Å². The lowest BCUT2D eigenvalue weighted by Crippen LogP contribution is -2.39. The van der Waals surface area contributed by atoms with E-state index in [4.69, 9.17) is 4.74 Å². The molecule has 2 rings (SSSR count). The maximum absolute atomic E-state index is 5.63. The van der Waals surface area contributed by atoms with Crippen molar-refractivity contribution in [1.82, 2.24) is 20.4 Å². The first-order chi connectivity index (χ1) is 11.3. The number of aliphatic imine (C=N–C) groups is 1. The summed E-state index contributed by atoms with van der Waals surface area (Å²) in [5.74, 6) is 1.68. The summed E-state index contributed by atoms with van der Waals surface area (Å²) in [5.41, 5.74) is 1.26. The number of para-hydroxylation sites is 1.